The maximum atomic E-state index is 12.4. The lowest BCUT2D eigenvalue weighted by Crippen LogP contribution is -2.49. The molecule has 1 saturated heterocycles. The Morgan fingerprint density at radius 2 is 1.67 bits per heavy atom. The molecule has 1 aromatic carbocycles. The summed E-state index contributed by atoms with van der Waals surface area (Å²) in [7, 11) is 0. The van der Waals surface area contributed by atoms with Crippen molar-refractivity contribution in [2.45, 2.75) is 12.8 Å². The Kier molecular flexibility index (Phi) is 5.02. The lowest BCUT2D eigenvalue weighted by molar-refractivity contribution is -0.149. The molecule has 0 aliphatic carbocycles. The molecular formula is C15H18F3N5S. The van der Waals surface area contributed by atoms with Crippen molar-refractivity contribution in [2.75, 3.05) is 32.7 Å². The SMILES string of the molecule is FC(F)(F)CN1CCN(Cn2[nH]c(-c3ccccc3)nc2=S)CC1. The fourth-order valence-corrected chi connectivity index (χ4v) is 2.91. The zero-order chi connectivity index (χ0) is 17.2. The van der Waals surface area contributed by atoms with Gasteiger partial charge in [0.25, 0.3) is 0 Å². The van der Waals surface area contributed by atoms with Gasteiger partial charge in [-0.25, -0.2) is 4.68 Å². The van der Waals surface area contributed by atoms with Gasteiger partial charge in [-0.3, -0.25) is 14.9 Å². The molecule has 0 bridgehead atoms. The molecule has 0 radical (unpaired) electrons. The number of benzene rings is 1. The summed E-state index contributed by atoms with van der Waals surface area (Å²) in [6, 6.07) is 9.65. The number of hydrogen-bond donors (Lipinski definition) is 1. The van der Waals surface area contributed by atoms with Crippen LogP contribution in [0.25, 0.3) is 11.4 Å². The molecule has 130 valence electrons. The van der Waals surface area contributed by atoms with Crippen molar-refractivity contribution in [1.82, 2.24) is 24.6 Å². The number of aromatic nitrogens is 3. The number of halogens is 3. The summed E-state index contributed by atoms with van der Waals surface area (Å²) in [5.41, 5.74) is 0.942. The second kappa shape index (κ2) is 7.04. The van der Waals surface area contributed by atoms with E-state index in [4.69, 9.17) is 12.2 Å². The second-order valence-electron chi connectivity index (χ2n) is 5.80. The van der Waals surface area contributed by atoms with Crippen LogP contribution in [-0.2, 0) is 6.67 Å². The van der Waals surface area contributed by atoms with Gasteiger partial charge in [-0.15, -0.1) is 0 Å². The van der Waals surface area contributed by atoms with Gasteiger partial charge in [0, 0.05) is 31.7 Å². The molecule has 24 heavy (non-hydrogen) atoms. The molecule has 0 saturated carbocycles. The molecule has 0 atom stereocenters. The molecule has 5 nitrogen and oxygen atoms in total. The third-order valence-electron chi connectivity index (χ3n) is 3.94. The number of nitrogens with one attached hydrogen (secondary N) is 1. The number of alkyl halides is 3. The van der Waals surface area contributed by atoms with Crippen molar-refractivity contribution in [1.29, 1.82) is 0 Å². The van der Waals surface area contributed by atoms with E-state index in [0.717, 1.165) is 5.56 Å². The predicted molar refractivity (Wildman–Crippen MR) is 86.9 cm³/mol. The van der Waals surface area contributed by atoms with E-state index in [0.29, 0.717) is 43.4 Å². The monoisotopic (exact) mass is 357 g/mol. The van der Waals surface area contributed by atoms with Gasteiger partial charge in [-0.1, -0.05) is 30.3 Å². The molecule has 0 unspecified atom stereocenters. The Morgan fingerprint density at radius 3 is 2.29 bits per heavy atom. The van der Waals surface area contributed by atoms with E-state index in [1.165, 1.54) is 4.90 Å². The Balaban J connectivity index is 1.60. The number of aromatic amines is 1. The van der Waals surface area contributed by atoms with Gasteiger partial charge in [0.1, 0.15) is 0 Å². The molecule has 1 aromatic heterocycles. The molecule has 1 aliphatic heterocycles. The van der Waals surface area contributed by atoms with E-state index < -0.39 is 12.7 Å². The highest BCUT2D eigenvalue weighted by Gasteiger charge is 2.32. The third kappa shape index (κ3) is 4.43. The smallest absolute Gasteiger partial charge is 0.292 e. The van der Waals surface area contributed by atoms with E-state index >= 15 is 0 Å². The normalized spacial score (nSPS) is 17.3. The molecule has 0 amide bonds. The standard InChI is InChI=1S/C15H18F3N5S/c16-15(17,18)10-21-6-8-22(9-7-21)11-23-14(24)19-13(20-23)12-4-2-1-3-5-12/h1-5H,6-11H2,(H,19,20,24). The van der Waals surface area contributed by atoms with E-state index in [1.54, 1.807) is 4.68 Å². The van der Waals surface area contributed by atoms with Crippen LogP contribution in [0.5, 0.6) is 0 Å². The molecule has 2 heterocycles. The summed E-state index contributed by atoms with van der Waals surface area (Å²) >= 11 is 5.27. The summed E-state index contributed by atoms with van der Waals surface area (Å²) in [4.78, 5) is 7.84. The van der Waals surface area contributed by atoms with Crippen LogP contribution < -0.4 is 0 Å². The Labute approximate surface area is 142 Å². The first-order valence-electron chi connectivity index (χ1n) is 7.64. The average Bonchev–Trinajstić information content (AvgIpc) is 2.90. The molecule has 1 fully saturated rings. The number of nitrogens with zero attached hydrogens (tertiary/aromatic N) is 4. The summed E-state index contributed by atoms with van der Waals surface area (Å²) in [6.45, 7) is 1.58. The average molecular weight is 357 g/mol. The largest absolute Gasteiger partial charge is 0.401 e. The minimum atomic E-state index is -4.14. The van der Waals surface area contributed by atoms with Crippen LogP contribution in [0, 0.1) is 4.77 Å². The van der Waals surface area contributed by atoms with Crippen LogP contribution in [0.2, 0.25) is 0 Å². The van der Waals surface area contributed by atoms with Gasteiger partial charge >= 0.3 is 6.18 Å². The zero-order valence-electron chi connectivity index (χ0n) is 13.0. The van der Waals surface area contributed by atoms with E-state index in [1.807, 2.05) is 30.3 Å². The minimum absolute atomic E-state index is 0.395. The van der Waals surface area contributed by atoms with Crippen LogP contribution in [-0.4, -0.2) is 63.5 Å². The Bertz CT molecular complexity index is 717. The Hall–Kier alpha value is -1.71. The van der Waals surface area contributed by atoms with E-state index in [9.17, 15) is 13.2 Å². The zero-order valence-corrected chi connectivity index (χ0v) is 13.8. The fourth-order valence-electron chi connectivity index (χ4n) is 2.72. The van der Waals surface area contributed by atoms with Crippen molar-refractivity contribution in [3.8, 4) is 11.4 Å². The van der Waals surface area contributed by atoms with Crippen molar-refractivity contribution in [2.24, 2.45) is 0 Å². The van der Waals surface area contributed by atoms with Crippen LogP contribution in [0.15, 0.2) is 30.3 Å². The predicted octanol–water partition coefficient (Wildman–Crippen LogP) is 2.75. The minimum Gasteiger partial charge on any atom is -0.292 e. The highest BCUT2D eigenvalue weighted by atomic mass is 32.1. The molecule has 1 aliphatic rings. The Morgan fingerprint density at radius 1 is 1.04 bits per heavy atom. The van der Waals surface area contributed by atoms with Gasteiger partial charge < -0.3 is 0 Å². The van der Waals surface area contributed by atoms with E-state index in [-0.39, 0.29) is 0 Å². The lowest BCUT2D eigenvalue weighted by atomic mass is 10.2. The van der Waals surface area contributed by atoms with Crippen LogP contribution in [0.1, 0.15) is 0 Å². The molecule has 9 heteroatoms. The number of piperazine rings is 1. The quantitative estimate of drug-likeness (QED) is 0.855. The first-order chi connectivity index (χ1) is 11.4. The number of H-pyrrole nitrogens is 1. The van der Waals surface area contributed by atoms with Crippen molar-refractivity contribution < 1.29 is 13.2 Å². The summed E-state index contributed by atoms with van der Waals surface area (Å²) in [5.74, 6) is 0.691. The molecule has 2 aromatic rings. The van der Waals surface area contributed by atoms with Gasteiger partial charge in [0.15, 0.2) is 5.82 Å². The van der Waals surface area contributed by atoms with Crippen LogP contribution in [0.3, 0.4) is 0 Å². The molecule has 3 rings (SSSR count). The highest BCUT2D eigenvalue weighted by Crippen LogP contribution is 2.18. The van der Waals surface area contributed by atoms with Crippen LogP contribution in [0.4, 0.5) is 13.2 Å². The van der Waals surface area contributed by atoms with Crippen molar-refractivity contribution in [3.05, 3.63) is 35.1 Å². The second-order valence-corrected chi connectivity index (χ2v) is 6.16. The number of rotatable bonds is 4. The molecular weight excluding hydrogens is 339 g/mol. The van der Waals surface area contributed by atoms with Crippen molar-refractivity contribution >= 4 is 12.2 Å². The maximum absolute atomic E-state index is 12.4. The maximum Gasteiger partial charge on any atom is 0.401 e. The summed E-state index contributed by atoms with van der Waals surface area (Å²) < 4.78 is 39.4. The van der Waals surface area contributed by atoms with Gasteiger partial charge in [0.2, 0.25) is 4.77 Å². The summed E-state index contributed by atoms with van der Waals surface area (Å²) in [5, 5.41) is 3.16. The van der Waals surface area contributed by atoms with Gasteiger partial charge in [-0.05, 0) is 12.2 Å². The third-order valence-corrected chi connectivity index (χ3v) is 4.25. The molecule has 1 N–H and O–H groups in total. The van der Waals surface area contributed by atoms with Gasteiger partial charge in [-0.2, -0.15) is 18.2 Å². The van der Waals surface area contributed by atoms with Gasteiger partial charge in [0.05, 0.1) is 13.2 Å². The first-order valence-corrected chi connectivity index (χ1v) is 8.05. The topological polar surface area (TPSA) is 40.1 Å². The van der Waals surface area contributed by atoms with E-state index in [2.05, 4.69) is 15.0 Å². The fraction of sp³-hybridized carbons (Fsp3) is 0.467. The highest BCUT2D eigenvalue weighted by molar-refractivity contribution is 7.71. The number of hydrogen-bond acceptors (Lipinski definition) is 4. The van der Waals surface area contributed by atoms with Crippen LogP contribution >= 0.6 is 12.2 Å². The van der Waals surface area contributed by atoms with Crippen molar-refractivity contribution in [3.63, 3.8) is 0 Å². The molecule has 0 spiro atoms. The first kappa shape index (κ1) is 17.1. The lowest BCUT2D eigenvalue weighted by Gasteiger charge is -2.34. The summed E-state index contributed by atoms with van der Waals surface area (Å²) in [6.07, 6.45) is -4.14.